The molecule has 1 heterocycles. The van der Waals surface area contributed by atoms with Gasteiger partial charge >= 0.3 is 0 Å². The number of hydrogen-bond donors (Lipinski definition) is 0. The van der Waals surface area contributed by atoms with Gasteiger partial charge in [-0.2, -0.15) is 0 Å². The fourth-order valence-corrected chi connectivity index (χ4v) is 4.09. The molecule has 0 unspecified atom stereocenters. The monoisotopic (exact) mass is 479 g/mol. The molecule has 0 aliphatic carbocycles. The average molecular weight is 480 g/mol. The lowest BCUT2D eigenvalue weighted by Crippen LogP contribution is -2.04. The lowest BCUT2D eigenvalue weighted by Gasteiger charge is -2.12. The summed E-state index contributed by atoms with van der Waals surface area (Å²) in [4.78, 5) is 0. The highest BCUT2D eigenvalue weighted by molar-refractivity contribution is 9.10. The van der Waals surface area contributed by atoms with Gasteiger partial charge in [-0.15, -0.1) is 10.2 Å². The molecule has 4 rings (SSSR count). The highest BCUT2D eigenvalue weighted by Crippen LogP contribution is 2.29. The van der Waals surface area contributed by atoms with Crippen LogP contribution in [0.5, 0.6) is 5.75 Å². The predicted molar refractivity (Wildman–Crippen MR) is 127 cm³/mol. The minimum absolute atomic E-state index is 0.590. The maximum Gasteiger partial charge on any atom is 0.196 e. The summed E-state index contributed by atoms with van der Waals surface area (Å²) in [6, 6.07) is 24.5. The predicted octanol–water partition coefficient (Wildman–Crippen LogP) is 6.48. The lowest BCUT2D eigenvalue weighted by molar-refractivity contribution is 0.344. The van der Waals surface area contributed by atoms with Crippen molar-refractivity contribution >= 4 is 27.7 Å². The molecule has 0 amide bonds. The summed E-state index contributed by atoms with van der Waals surface area (Å²) in [5.41, 5.74) is 4.62. The molecule has 1 aromatic heterocycles. The van der Waals surface area contributed by atoms with E-state index in [0.29, 0.717) is 6.61 Å². The van der Waals surface area contributed by atoms with Gasteiger partial charge < -0.3 is 4.74 Å². The number of rotatable bonds is 7. The van der Waals surface area contributed by atoms with Crippen molar-refractivity contribution < 1.29 is 4.74 Å². The molecule has 0 aliphatic rings. The van der Waals surface area contributed by atoms with Crippen LogP contribution in [0.4, 0.5) is 0 Å². The number of thioether (sulfide) groups is 1. The topological polar surface area (TPSA) is 39.9 Å². The van der Waals surface area contributed by atoms with Crippen LogP contribution in [0.15, 0.2) is 82.4 Å². The van der Waals surface area contributed by atoms with E-state index in [0.717, 1.165) is 38.2 Å². The van der Waals surface area contributed by atoms with E-state index in [1.807, 2.05) is 42.5 Å². The van der Waals surface area contributed by atoms with E-state index in [-0.39, 0.29) is 0 Å². The van der Waals surface area contributed by atoms with Gasteiger partial charge in [0.05, 0.1) is 12.3 Å². The molecule has 0 fully saturated rings. The molecule has 4 nitrogen and oxygen atoms in total. The first-order chi connectivity index (χ1) is 14.6. The molecule has 0 saturated carbocycles. The van der Waals surface area contributed by atoms with Crippen LogP contribution in [0.3, 0.4) is 0 Å². The van der Waals surface area contributed by atoms with Crippen LogP contribution in [0.1, 0.15) is 11.1 Å². The molecule has 30 heavy (non-hydrogen) atoms. The SMILES string of the molecule is Cc1ccc(-n2c(SCCOc3ccc(Br)cc3)nnc2-c2ccccc2)cc1C. The normalized spacial score (nSPS) is 10.9. The molecule has 0 aliphatic heterocycles. The summed E-state index contributed by atoms with van der Waals surface area (Å²) >= 11 is 5.09. The van der Waals surface area contributed by atoms with Crippen LogP contribution in [0, 0.1) is 13.8 Å². The Labute approximate surface area is 189 Å². The zero-order chi connectivity index (χ0) is 20.9. The van der Waals surface area contributed by atoms with Gasteiger partial charge in [-0.25, -0.2) is 0 Å². The van der Waals surface area contributed by atoms with Crippen molar-refractivity contribution in [1.82, 2.24) is 14.8 Å². The summed E-state index contributed by atoms with van der Waals surface area (Å²) in [6.45, 7) is 4.84. The molecule has 0 radical (unpaired) electrons. The Bertz CT molecular complexity index is 1130. The van der Waals surface area contributed by atoms with Gasteiger partial charge in [0.25, 0.3) is 0 Å². The molecule has 0 bridgehead atoms. The first-order valence-electron chi connectivity index (χ1n) is 9.71. The fourth-order valence-electron chi connectivity index (χ4n) is 3.06. The molecule has 0 spiro atoms. The number of halogens is 1. The Balaban J connectivity index is 1.57. The van der Waals surface area contributed by atoms with Crippen molar-refractivity contribution in [3.8, 4) is 22.8 Å². The average Bonchev–Trinajstić information content (AvgIpc) is 3.19. The third kappa shape index (κ3) is 4.77. The number of nitrogens with zero attached hydrogens (tertiary/aromatic N) is 3. The molecular weight excluding hydrogens is 458 g/mol. The van der Waals surface area contributed by atoms with E-state index in [9.17, 15) is 0 Å². The Morgan fingerprint density at radius 3 is 2.40 bits per heavy atom. The van der Waals surface area contributed by atoms with Gasteiger partial charge in [0.2, 0.25) is 0 Å². The van der Waals surface area contributed by atoms with Crippen LogP contribution in [-0.2, 0) is 0 Å². The molecular formula is C24H22BrN3OS. The zero-order valence-electron chi connectivity index (χ0n) is 16.9. The molecule has 0 atom stereocenters. The number of benzene rings is 3. The summed E-state index contributed by atoms with van der Waals surface area (Å²) in [5, 5.41) is 9.86. The van der Waals surface area contributed by atoms with Gasteiger partial charge in [-0.3, -0.25) is 4.57 Å². The van der Waals surface area contributed by atoms with Crippen LogP contribution >= 0.6 is 27.7 Å². The second kappa shape index (κ2) is 9.49. The van der Waals surface area contributed by atoms with Gasteiger partial charge in [0, 0.05) is 15.8 Å². The van der Waals surface area contributed by atoms with E-state index in [2.05, 4.69) is 74.9 Å². The summed E-state index contributed by atoms with van der Waals surface area (Å²) < 4.78 is 9.03. The van der Waals surface area contributed by atoms with Crippen molar-refractivity contribution in [3.05, 3.63) is 88.4 Å². The van der Waals surface area contributed by atoms with Crippen molar-refractivity contribution in [2.24, 2.45) is 0 Å². The molecule has 0 saturated heterocycles. The Morgan fingerprint density at radius 1 is 0.900 bits per heavy atom. The van der Waals surface area contributed by atoms with Gasteiger partial charge in [0.15, 0.2) is 11.0 Å². The van der Waals surface area contributed by atoms with E-state index in [1.165, 1.54) is 11.1 Å². The van der Waals surface area contributed by atoms with Crippen molar-refractivity contribution in [1.29, 1.82) is 0 Å². The maximum atomic E-state index is 5.86. The van der Waals surface area contributed by atoms with Gasteiger partial charge in [-0.05, 0) is 61.4 Å². The molecule has 152 valence electrons. The van der Waals surface area contributed by atoms with Gasteiger partial charge in [-0.1, -0.05) is 64.1 Å². The smallest absolute Gasteiger partial charge is 0.196 e. The lowest BCUT2D eigenvalue weighted by atomic mass is 10.1. The second-order valence-electron chi connectivity index (χ2n) is 6.93. The molecule has 3 aromatic carbocycles. The minimum atomic E-state index is 0.590. The van der Waals surface area contributed by atoms with Gasteiger partial charge in [0.1, 0.15) is 5.75 Å². The molecule has 0 N–H and O–H groups in total. The van der Waals surface area contributed by atoms with E-state index in [4.69, 9.17) is 4.74 Å². The largest absolute Gasteiger partial charge is 0.493 e. The van der Waals surface area contributed by atoms with E-state index < -0.39 is 0 Å². The highest BCUT2D eigenvalue weighted by Gasteiger charge is 2.16. The molecule has 4 aromatic rings. The zero-order valence-corrected chi connectivity index (χ0v) is 19.3. The minimum Gasteiger partial charge on any atom is -0.493 e. The first kappa shape index (κ1) is 20.7. The quantitative estimate of drug-likeness (QED) is 0.224. The fraction of sp³-hybridized carbons (Fsp3) is 0.167. The summed E-state index contributed by atoms with van der Waals surface area (Å²) in [6.07, 6.45) is 0. The van der Waals surface area contributed by atoms with Crippen molar-refractivity contribution in [3.63, 3.8) is 0 Å². The van der Waals surface area contributed by atoms with Crippen molar-refractivity contribution in [2.45, 2.75) is 19.0 Å². The van der Waals surface area contributed by atoms with Crippen molar-refractivity contribution in [2.75, 3.05) is 12.4 Å². The van der Waals surface area contributed by atoms with E-state index in [1.54, 1.807) is 11.8 Å². The summed E-state index contributed by atoms with van der Waals surface area (Å²) in [5.74, 6) is 2.47. The Morgan fingerprint density at radius 2 is 1.67 bits per heavy atom. The van der Waals surface area contributed by atoms with Crippen LogP contribution in [0.25, 0.3) is 17.1 Å². The van der Waals surface area contributed by atoms with E-state index >= 15 is 0 Å². The second-order valence-corrected chi connectivity index (χ2v) is 8.90. The number of aromatic nitrogens is 3. The third-order valence-corrected chi connectivity index (χ3v) is 6.23. The standard InChI is InChI=1S/C24H22BrN3OS/c1-17-8-11-21(16-18(17)2)28-23(19-6-4-3-5-7-19)26-27-24(28)30-15-14-29-22-12-9-20(25)10-13-22/h3-13,16H,14-15H2,1-2H3. The number of ether oxygens (including phenoxy) is 1. The van der Waals surface area contributed by atoms with Crippen LogP contribution in [-0.4, -0.2) is 27.1 Å². The summed E-state index contributed by atoms with van der Waals surface area (Å²) in [7, 11) is 0. The third-order valence-electron chi connectivity index (χ3n) is 4.81. The Hall–Kier alpha value is -2.57. The number of hydrogen-bond acceptors (Lipinski definition) is 4. The maximum absolute atomic E-state index is 5.86. The number of aryl methyl sites for hydroxylation is 2. The van der Waals surface area contributed by atoms with Crippen LogP contribution in [0.2, 0.25) is 0 Å². The first-order valence-corrected chi connectivity index (χ1v) is 11.5. The Kier molecular flexibility index (Phi) is 6.55. The molecule has 6 heteroatoms. The van der Waals surface area contributed by atoms with Crippen LogP contribution < -0.4 is 4.74 Å². The highest BCUT2D eigenvalue weighted by atomic mass is 79.9.